The normalized spacial score (nSPS) is 16.7. The van der Waals surface area contributed by atoms with Crippen molar-refractivity contribution >= 4 is 35.1 Å². The van der Waals surface area contributed by atoms with E-state index in [1.807, 2.05) is 32.2 Å². The van der Waals surface area contributed by atoms with Gasteiger partial charge in [0.05, 0.1) is 22.5 Å². The van der Waals surface area contributed by atoms with Gasteiger partial charge in [0.1, 0.15) is 17.3 Å². The number of rotatable bonds is 7. The van der Waals surface area contributed by atoms with Crippen molar-refractivity contribution in [2.24, 2.45) is 0 Å². The number of thioether (sulfide) groups is 1. The van der Waals surface area contributed by atoms with Crippen molar-refractivity contribution in [3.63, 3.8) is 0 Å². The Hall–Kier alpha value is -3.15. The summed E-state index contributed by atoms with van der Waals surface area (Å²) in [6.07, 6.45) is 2.86. The van der Waals surface area contributed by atoms with E-state index in [2.05, 4.69) is 37.0 Å². The molecule has 0 aliphatic carbocycles. The second-order valence-corrected chi connectivity index (χ2v) is 10.7. The fraction of sp³-hybridized carbons (Fsp3) is 0.407. The van der Waals surface area contributed by atoms with Crippen LogP contribution in [-0.2, 0) is 11.3 Å². The summed E-state index contributed by atoms with van der Waals surface area (Å²) in [7, 11) is 0. The third-order valence-electron chi connectivity index (χ3n) is 6.81. The SMILES string of the molecule is CCN1CCN(Cc2ccc(Nc3ncc(F)c(-c4cc(F)c5c(c4)N(C(C)C)C(=O)CS5)n3)nc2)CC1. The zero-order valence-electron chi connectivity index (χ0n) is 21.7. The zero-order chi connectivity index (χ0) is 26.8. The molecule has 8 nitrogen and oxygen atoms in total. The van der Waals surface area contributed by atoms with Crippen LogP contribution in [0.3, 0.4) is 0 Å². The van der Waals surface area contributed by atoms with Crippen LogP contribution >= 0.6 is 11.8 Å². The summed E-state index contributed by atoms with van der Waals surface area (Å²) >= 11 is 1.15. The van der Waals surface area contributed by atoms with Gasteiger partial charge >= 0.3 is 0 Å². The van der Waals surface area contributed by atoms with E-state index in [0.29, 0.717) is 16.4 Å². The maximum atomic E-state index is 15.0. The minimum atomic E-state index is -0.688. The largest absolute Gasteiger partial charge is 0.309 e. The molecular formula is C27H31F2N7OS. The molecule has 2 aliphatic heterocycles. The highest BCUT2D eigenvalue weighted by Crippen LogP contribution is 2.41. The molecule has 11 heteroatoms. The molecule has 1 amide bonds. The Morgan fingerprint density at radius 1 is 1.03 bits per heavy atom. The minimum Gasteiger partial charge on any atom is -0.309 e. The monoisotopic (exact) mass is 539 g/mol. The van der Waals surface area contributed by atoms with Gasteiger partial charge in [-0.15, -0.1) is 11.8 Å². The fourth-order valence-electron chi connectivity index (χ4n) is 4.80. The van der Waals surface area contributed by atoms with Crippen LogP contribution in [0.25, 0.3) is 11.3 Å². The molecule has 0 atom stereocenters. The third-order valence-corrected chi connectivity index (χ3v) is 7.89. The number of hydrogen-bond acceptors (Lipinski definition) is 8. The minimum absolute atomic E-state index is 0.0567. The number of nitrogens with one attached hydrogen (secondary N) is 1. The van der Waals surface area contributed by atoms with Gasteiger partial charge in [0.2, 0.25) is 11.9 Å². The van der Waals surface area contributed by atoms with Crippen LogP contribution < -0.4 is 10.2 Å². The average Bonchev–Trinajstić information content (AvgIpc) is 2.90. The van der Waals surface area contributed by atoms with E-state index < -0.39 is 11.6 Å². The Balaban J connectivity index is 1.34. The summed E-state index contributed by atoms with van der Waals surface area (Å²) in [4.78, 5) is 32.1. The summed E-state index contributed by atoms with van der Waals surface area (Å²) in [5.74, 6) is -0.488. The number of nitrogens with zero attached hydrogens (tertiary/aromatic N) is 6. The molecule has 0 bridgehead atoms. The van der Waals surface area contributed by atoms with Gasteiger partial charge < -0.3 is 15.1 Å². The molecule has 2 aromatic heterocycles. The number of halogens is 2. The van der Waals surface area contributed by atoms with Crippen molar-refractivity contribution in [2.45, 2.75) is 38.3 Å². The molecule has 1 N–H and O–H groups in total. The highest BCUT2D eigenvalue weighted by Gasteiger charge is 2.30. The van der Waals surface area contributed by atoms with Gasteiger partial charge in [-0.3, -0.25) is 9.69 Å². The van der Waals surface area contributed by atoms with E-state index in [9.17, 15) is 9.18 Å². The second-order valence-electron chi connectivity index (χ2n) is 9.73. The molecule has 0 unspecified atom stereocenters. The Labute approximate surface area is 225 Å². The lowest BCUT2D eigenvalue weighted by Crippen LogP contribution is -2.45. The molecule has 200 valence electrons. The molecule has 1 saturated heterocycles. The molecule has 4 heterocycles. The first kappa shape index (κ1) is 26.5. The number of benzene rings is 1. The Kier molecular flexibility index (Phi) is 7.87. The van der Waals surface area contributed by atoms with Crippen LogP contribution in [0.2, 0.25) is 0 Å². The molecule has 5 rings (SSSR count). The highest BCUT2D eigenvalue weighted by molar-refractivity contribution is 8.00. The molecule has 1 fully saturated rings. The lowest BCUT2D eigenvalue weighted by Gasteiger charge is -2.33. The van der Waals surface area contributed by atoms with Gasteiger partial charge in [-0.1, -0.05) is 13.0 Å². The summed E-state index contributed by atoms with van der Waals surface area (Å²) < 4.78 is 29.9. The number of hydrogen-bond donors (Lipinski definition) is 1. The van der Waals surface area contributed by atoms with E-state index >= 15 is 4.39 Å². The Morgan fingerprint density at radius 2 is 1.79 bits per heavy atom. The van der Waals surface area contributed by atoms with E-state index in [-0.39, 0.29) is 34.9 Å². The predicted octanol–water partition coefficient (Wildman–Crippen LogP) is 4.55. The number of anilines is 3. The Morgan fingerprint density at radius 3 is 2.47 bits per heavy atom. The van der Waals surface area contributed by atoms with Crippen molar-refractivity contribution < 1.29 is 13.6 Å². The van der Waals surface area contributed by atoms with Crippen LogP contribution in [0.15, 0.2) is 41.6 Å². The number of carbonyl (C=O) groups excluding carboxylic acids is 1. The third kappa shape index (κ3) is 5.64. The molecule has 1 aromatic carbocycles. The molecule has 2 aliphatic rings. The highest BCUT2D eigenvalue weighted by atomic mass is 32.2. The number of likely N-dealkylation sites (N-methyl/N-ethyl adjacent to an activating group) is 1. The van der Waals surface area contributed by atoms with Crippen molar-refractivity contribution in [3.05, 3.63) is 53.9 Å². The van der Waals surface area contributed by atoms with Crippen molar-refractivity contribution in [3.8, 4) is 11.3 Å². The summed E-state index contributed by atoms with van der Waals surface area (Å²) in [6, 6.07) is 6.54. The topological polar surface area (TPSA) is 77.5 Å². The maximum absolute atomic E-state index is 15.0. The van der Waals surface area contributed by atoms with Crippen LogP contribution in [-0.4, -0.2) is 75.2 Å². The first-order chi connectivity index (χ1) is 18.3. The first-order valence-corrected chi connectivity index (χ1v) is 13.8. The quantitative estimate of drug-likeness (QED) is 0.469. The van der Waals surface area contributed by atoms with Gasteiger partial charge in [0.25, 0.3) is 0 Å². The number of carbonyl (C=O) groups is 1. The predicted molar refractivity (Wildman–Crippen MR) is 146 cm³/mol. The van der Waals surface area contributed by atoms with Gasteiger partial charge in [-0.2, -0.15) is 0 Å². The van der Waals surface area contributed by atoms with Crippen LogP contribution in [0.1, 0.15) is 26.3 Å². The number of amides is 1. The molecule has 0 radical (unpaired) electrons. The van der Waals surface area contributed by atoms with Gasteiger partial charge in [-0.25, -0.2) is 23.7 Å². The maximum Gasteiger partial charge on any atom is 0.237 e. The van der Waals surface area contributed by atoms with Crippen LogP contribution in [0, 0.1) is 11.6 Å². The number of aromatic nitrogens is 3. The molecule has 0 saturated carbocycles. The van der Waals surface area contributed by atoms with Gasteiger partial charge in [0.15, 0.2) is 5.82 Å². The van der Waals surface area contributed by atoms with Crippen molar-refractivity contribution in [1.29, 1.82) is 0 Å². The van der Waals surface area contributed by atoms with Gasteiger partial charge in [-0.05, 0) is 44.2 Å². The molecular weight excluding hydrogens is 508 g/mol. The van der Waals surface area contributed by atoms with E-state index in [1.54, 1.807) is 11.0 Å². The molecule has 3 aromatic rings. The van der Waals surface area contributed by atoms with Crippen LogP contribution in [0.5, 0.6) is 0 Å². The van der Waals surface area contributed by atoms with E-state index in [0.717, 1.165) is 62.8 Å². The summed E-state index contributed by atoms with van der Waals surface area (Å²) in [5, 5.41) is 3.01. The molecule has 0 spiro atoms. The lowest BCUT2D eigenvalue weighted by molar-refractivity contribution is -0.116. The fourth-order valence-corrected chi connectivity index (χ4v) is 5.71. The second kappa shape index (κ2) is 11.3. The summed E-state index contributed by atoms with van der Waals surface area (Å²) in [5.41, 5.74) is 1.71. The smallest absolute Gasteiger partial charge is 0.237 e. The lowest BCUT2D eigenvalue weighted by atomic mass is 10.1. The number of pyridine rings is 1. The number of piperazine rings is 1. The standard InChI is InChI=1S/C27H31F2N7OS/c1-4-34-7-9-35(10-8-34)15-18-5-6-23(30-13-18)32-27-31-14-21(29)25(33-27)19-11-20(28)26-22(12-19)36(17(2)3)24(37)16-38-26/h5-6,11-14,17H,4,7-10,15-16H2,1-3H3,(H,30,31,32,33). The zero-order valence-corrected chi connectivity index (χ0v) is 22.6. The first-order valence-electron chi connectivity index (χ1n) is 12.8. The van der Waals surface area contributed by atoms with E-state index in [4.69, 9.17) is 0 Å². The van der Waals surface area contributed by atoms with E-state index in [1.165, 1.54) is 6.07 Å². The van der Waals surface area contributed by atoms with Gasteiger partial charge in [0, 0.05) is 50.5 Å². The average molecular weight is 540 g/mol. The van der Waals surface area contributed by atoms with Crippen molar-refractivity contribution in [2.75, 3.05) is 48.7 Å². The molecule has 38 heavy (non-hydrogen) atoms. The summed E-state index contributed by atoms with van der Waals surface area (Å²) in [6.45, 7) is 12.0. The number of fused-ring (bicyclic) bond motifs is 1. The Bertz CT molecular complexity index is 1310. The van der Waals surface area contributed by atoms with Crippen molar-refractivity contribution in [1.82, 2.24) is 24.8 Å². The van der Waals surface area contributed by atoms with Crippen LogP contribution in [0.4, 0.5) is 26.2 Å².